The van der Waals surface area contributed by atoms with E-state index in [1.54, 1.807) is 27.7 Å². The number of hydrogen-bond donors (Lipinski definition) is 2. The third-order valence-corrected chi connectivity index (χ3v) is 11.8. The molecule has 0 radical (unpaired) electrons. The van der Waals surface area contributed by atoms with Gasteiger partial charge >= 0.3 is 27.7 Å². The van der Waals surface area contributed by atoms with Crippen molar-refractivity contribution in [3.8, 4) is 0 Å². The quantitative estimate of drug-likeness (QED) is 0.129. The SMILES string of the molecule is CC(C)OC(=O)OCOP1(=O)CO[C@H]2[C@@H](F)[C@H](n3cnc4c(N)ncnc43)O[C@@H]2COP(=O)(OCOC(=O)OC(C)C)O[C@@H]2[C@H](F)[C@@H](CO1)O[C@H]2n1cnc2c(N)ccnc21. The fourth-order valence-electron chi connectivity index (χ4n) is 6.25. The Morgan fingerprint density at radius 3 is 2.13 bits per heavy atom. The summed E-state index contributed by atoms with van der Waals surface area (Å²) in [5.41, 5.74) is 12.6. The van der Waals surface area contributed by atoms with Crippen LogP contribution in [-0.4, -0.2) is 128 Å². The second-order valence-electron chi connectivity index (χ2n) is 13.9. The highest BCUT2D eigenvalue weighted by atomic mass is 31.2. The predicted molar refractivity (Wildman–Crippen MR) is 198 cm³/mol. The third-order valence-electron chi connectivity index (χ3n) is 8.94. The maximum atomic E-state index is 16.7. The van der Waals surface area contributed by atoms with Gasteiger partial charge in [-0.05, 0) is 33.8 Å². The molecule has 2 unspecified atom stereocenters. The average Bonchev–Trinajstić information content (AvgIpc) is 3.96. The fraction of sp³-hybridized carbons (Fsp3) is 0.594. The van der Waals surface area contributed by atoms with E-state index in [0.717, 1.165) is 6.33 Å². The van der Waals surface area contributed by atoms with Crippen molar-refractivity contribution in [3.05, 3.63) is 31.2 Å². The smallest absolute Gasteiger partial charge is 0.432 e. The lowest BCUT2D eigenvalue weighted by molar-refractivity contribution is -0.0748. The van der Waals surface area contributed by atoms with Crippen molar-refractivity contribution in [1.29, 1.82) is 0 Å². The Bertz CT molecular complexity index is 2310. The summed E-state index contributed by atoms with van der Waals surface area (Å²) in [5, 5.41) is 0. The zero-order valence-corrected chi connectivity index (χ0v) is 34.5. The zero-order valence-electron chi connectivity index (χ0n) is 32.7. The number of halogens is 2. The minimum absolute atomic E-state index is 0.0227. The van der Waals surface area contributed by atoms with Crippen LogP contribution in [0.4, 0.5) is 29.9 Å². The first kappa shape index (κ1) is 44.4. The molecule has 4 N–H and O–H groups in total. The molecule has 0 aromatic carbocycles. The Balaban J connectivity index is 1.24. The molecule has 3 saturated heterocycles. The van der Waals surface area contributed by atoms with Crippen molar-refractivity contribution >= 4 is 61.6 Å². The number of anilines is 2. The number of imidazole rings is 2. The molecule has 7 heterocycles. The number of phosphoric ester groups is 1. The highest BCUT2D eigenvalue weighted by molar-refractivity contribution is 7.53. The lowest BCUT2D eigenvalue weighted by Crippen LogP contribution is -2.36. The number of aromatic nitrogens is 7. The lowest BCUT2D eigenvalue weighted by Gasteiger charge is -2.28. The summed E-state index contributed by atoms with van der Waals surface area (Å²) < 4.78 is 130. The number of alkyl halides is 2. The number of pyridine rings is 1. The van der Waals surface area contributed by atoms with E-state index < -0.39 is 122 Å². The lowest BCUT2D eigenvalue weighted by atomic mass is 10.1. The van der Waals surface area contributed by atoms with Crippen LogP contribution in [0.5, 0.6) is 0 Å². The number of ether oxygens (including phenoxy) is 7. The molecule has 25 nitrogen and oxygen atoms in total. The van der Waals surface area contributed by atoms with Crippen LogP contribution in [0.3, 0.4) is 0 Å². The summed E-state index contributed by atoms with van der Waals surface area (Å²) in [4.78, 5) is 44.9. The van der Waals surface area contributed by atoms with Gasteiger partial charge in [0.05, 0.1) is 43.8 Å². The Morgan fingerprint density at radius 1 is 0.803 bits per heavy atom. The second kappa shape index (κ2) is 18.3. The van der Waals surface area contributed by atoms with E-state index in [2.05, 4.69) is 24.9 Å². The van der Waals surface area contributed by atoms with Crippen molar-refractivity contribution in [1.82, 2.24) is 34.1 Å². The number of carbonyl (C=O) groups excluding carboxylic acids is 2. The number of carbonyl (C=O) groups is 2. The van der Waals surface area contributed by atoms with Crippen LogP contribution >= 0.6 is 15.4 Å². The highest BCUT2D eigenvalue weighted by Crippen LogP contribution is 2.56. The molecule has 3 aliphatic rings. The van der Waals surface area contributed by atoms with Crippen molar-refractivity contribution in [2.45, 2.75) is 89.1 Å². The molecule has 2 bridgehead atoms. The van der Waals surface area contributed by atoms with Gasteiger partial charge in [-0.2, -0.15) is 0 Å². The highest BCUT2D eigenvalue weighted by Gasteiger charge is 2.54. The summed E-state index contributed by atoms with van der Waals surface area (Å²) in [7, 11) is -9.83. The minimum Gasteiger partial charge on any atom is -0.432 e. The molecule has 3 aliphatic heterocycles. The normalized spacial score (nSPS) is 31.0. The van der Waals surface area contributed by atoms with Gasteiger partial charge in [0.2, 0.25) is 13.6 Å². The van der Waals surface area contributed by atoms with Gasteiger partial charge in [0.25, 0.3) is 0 Å². The van der Waals surface area contributed by atoms with Crippen LogP contribution in [0.25, 0.3) is 22.3 Å². The molecule has 0 amide bonds. The summed E-state index contributed by atoms with van der Waals surface area (Å²) in [6.07, 6.45) is -14.4. The number of nitrogens with two attached hydrogens (primary N) is 2. The van der Waals surface area contributed by atoms with E-state index in [9.17, 15) is 18.7 Å². The summed E-state index contributed by atoms with van der Waals surface area (Å²) >= 11 is 0. The van der Waals surface area contributed by atoms with Gasteiger partial charge in [0.1, 0.15) is 48.1 Å². The van der Waals surface area contributed by atoms with Crippen LogP contribution in [0.1, 0.15) is 40.2 Å². The van der Waals surface area contributed by atoms with Gasteiger partial charge in [0.15, 0.2) is 41.9 Å². The number of phosphoric acid groups is 1. The van der Waals surface area contributed by atoms with E-state index in [0.29, 0.717) is 0 Å². The molecule has 0 aliphatic carbocycles. The fourth-order valence-corrected chi connectivity index (χ4v) is 8.64. The molecule has 29 heteroatoms. The van der Waals surface area contributed by atoms with Crippen LogP contribution < -0.4 is 11.5 Å². The maximum absolute atomic E-state index is 16.7. The van der Waals surface area contributed by atoms with Gasteiger partial charge < -0.3 is 49.1 Å². The minimum atomic E-state index is -5.15. The van der Waals surface area contributed by atoms with E-state index >= 15 is 8.78 Å². The Kier molecular flexibility index (Phi) is 13.3. The van der Waals surface area contributed by atoms with Gasteiger partial charge in [-0.15, -0.1) is 0 Å². The molecule has 0 saturated carbocycles. The number of nitrogens with zero attached hydrogens (tertiary/aromatic N) is 7. The first-order chi connectivity index (χ1) is 29.0. The van der Waals surface area contributed by atoms with Crippen LogP contribution in [0, 0.1) is 0 Å². The van der Waals surface area contributed by atoms with Gasteiger partial charge in [-0.1, -0.05) is 0 Å². The van der Waals surface area contributed by atoms with Crippen molar-refractivity contribution in [2.24, 2.45) is 0 Å². The van der Waals surface area contributed by atoms with E-state index in [1.807, 2.05) is 0 Å². The molecule has 334 valence electrons. The van der Waals surface area contributed by atoms with Gasteiger partial charge in [0, 0.05) is 6.20 Å². The average molecular weight is 908 g/mol. The molecule has 3 fully saturated rings. The molecule has 4 aromatic rings. The molecule has 4 aromatic heterocycles. The van der Waals surface area contributed by atoms with Gasteiger partial charge in [-0.25, -0.2) is 52.4 Å². The van der Waals surface area contributed by atoms with Crippen LogP contribution in [0.2, 0.25) is 0 Å². The van der Waals surface area contributed by atoms with Crippen molar-refractivity contribution in [2.75, 3.05) is 44.6 Å². The Labute approximate surface area is 343 Å². The number of hydrogen-bond acceptors (Lipinski definition) is 23. The van der Waals surface area contributed by atoms with E-state index in [1.165, 1.54) is 34.1 Å². The largest absolute Gasteiger partial charge is 0.510 e. The second-order valence-corrected chi connectivity index (χ2v) is 17.5. The van der Waals surface area contributed by atoms with Crippen LogP contribution in [0.15, 0.2) is 31.2 Å². The summed E-state index contributed by atoms with van der Waals surface area (Å²) in [6.45, 7) is 2.29. The number of rotatable bonds is 10. The third kappa shape index (κ3) is 9.85. The molecule has 0 spiro atoms. The first-order valence-electron chi connectivity index (χ1n) is 18.4. The summed E-state index contributed by atoms with van der Waals surface area (Å²) in [5.74, 6) is -0.0227. The molecule has 7 rings (SSSR count). The molecular formula is C32H41F2N9O16P2. The topological polar surface area (TPSA) is 305 Å². The zero-order chi connectivity index (χ0) is 43.6. The van der Waals surface area contributed by atoms with E-state index in [-0.39, 0.29) is 33.8 Å². The number of fused-ring (bicyclic) bond motifs is 5. The number of nitrogen functional groups attached to an aromatic ring is 2. The van der Waals surface area contributed by atoms with Crippen molar-refractivity contribution < 1.29 is 83.3 Å². The molecule has 10 atom stereocenters. The Hall–Kier alpha value is -4.69. The van der Waals surface area contributed by atoms with Crippen molar-refractivity contribution in [3.63, 3.8) is 0 Å². The monoisotopic (exact) mass is 907 g/mol. The molecule has 61 heavy (non-hydrogen) atoms. The standard InChI is InChI=1S/C32H41F2N9O16P2/c1-15(2)55-31(44)48-12-53-60(46)14-50-24-19(58-29(21(24)34)42-11-41-23-26(36)38-9-39-28(23)42)8-52-61(47,54-13-49-32(45)56-16(3)4)59-25-20(33)18(7-51-60)57-30(25)43-10-40-22-17(35)5-6-37-27(22)43/h5-6,9-11,15-16,18-21,24-25,29-30H,7-8,12-14H2,1-4H3,(H2,35,37)(H2,36,38,39)/t18-,19-,20-,21-,24-,25-,29-,30-,60?,61?/m1/s1. The van der Waals surface area contributed by atoms with Gasteiger partial charge in [-0.3, -0.25) is 27.3 Å². The Morgan fingerprint density at radius 2 is 1.43 bits per heavy atom. The van der Waals surface area contributed by atoms with Crippen LogP contribution in [-0.2, 0) is 64.9 Å². The maximum Gasteiger partial charge on any atom is 0.510 e. The molecular weight excluding hydrogens is 866 g/mol. The van der Waals surface area contributed by atoms with E-state index in [4.69, 9.17) is 67.2 Å². The predicted octanol–water partition coefficient (Wildman–Crippen LogP) is 4.05. The summed E-state index contributed by atoms with van der Waals surface area (Å²) in [6, 6.07) is 1.47. The first-order valence-corrected chi connectivity index (χ1v) is 21.6.